The minimum absolute atomic E-state index is 0.0625. The van der Waals surface area contributed by atoms with Gasteiger partial charge in [-0.3, -0.25) is 14.4 Å². The van der Waals surface area contributed by atoms with Crippen molar-refractivity contribution in [3.8, 4) is 0 Å². The highest BCUT2D eigenvalue weighted by molar-refractivity contribution is 5.71. The third-order valence-corrected chi connectivity index (χ3v) is 14.6. The fourth-order valence-electron chi connectivity index (χ4n) is 9.55. The van der Waals surface area contributed by atoms with Crippen molar-refractivity contribution in [1.29, 1.82) is 0 Å². The van der Waals surface area contributed by atoms with E-state index in [0.717, 1.165) is 69.6 Å². The van der Waals surface area contributed by atoms with Crippen molar-refractivity contribution in [3.63, 3.8) is 0 Å². The van der Waals surface area contributed by atoms with Gasteiger partial charge in [0.1, 0.15) is 13.2 Å². The maximum absolute atomic E-state index is 12.9. The van der Waals surface area contributed by atoms with Crippen molar-refractivity contribution in [1.82, 2.24) is 0 Å². The van der Waals surface area contributed by atoms with Crippen molar-refractivity contribution in [2.45, 2.75) is 355 Å². The fourth-order valence-corrected chi connectivity index (χ4v) is 9.55. The van der Waals surface area contributed by atoms with Gasteiger partial charge in [0.15, 0.2) is 6.10 Å². The molecule has 0 rings (SSSR count). The van der Waals surface area contributed by atoms with Gasteiger partial charge in [-0.1, -0.05) is 311 Å². The molecule has 0 heterocycles. The van der Waals surface area contributed by atoms with Gasteiger partial charge in [0.25, 0.3) is 0 Å². The van der Waals surface area contributed by atoms with Gasteiger partial charge in [-0.15, -0.1) is 0 Å². The Morgan fingerprint density at radius 3 is 0.838 bits per heavy atom. The highest BCUT2D eigenvalue weighted by Gasteiger charge is 2.19. The molecule has 0 saturated carbocycles. The molecule has 68 heavy (non-hydrogen) atoms. The van der Waals surface area contributed by atoms with Crippen LogP contribution in [-0.4, -0.2) is 37.2 Å². The lowest BCUT2D eigenvalue weighted by Gasteiger charge is -2.18. The molecule has 0 aromatic rings. The molecule has 0 aromatic carbocycles. The van der Waals surface area contributed by atoms with Crippen LogP contribution in [0.5, 0.6) is 0 Å². The van der Waals surface area contributed by atoms with Gasteiger partial charge in [0, 0.05) is 19.3 Å². The fraction of sp³-hybridized carbons (Fsp3) is 0.952. The van der Waals surface area contributed by atoms with Crippen molar-refractivity contribution in [3.05, 3.63) is 0 Å². The van der Waals surface area contributed by atoms with Crippen LogP contribution in [0.25, 0.3) is 0 Å². The molecule has 2 atom stereocenters. The van der Waals surface area contributed by atoms with Crippen LogP contribution >= 0.6 is 0 Å². The second-order valence-corrected chi connectivity index (χ2v) is 22.1. The van der Waals surface area contributed by atoms with E-state index >= 15 is 0 Å². The lowest BCUT2D eigenvalue weighted by atomic mass is 9.99. The Bertz CT molecular complexity index is 1040. The van der Waals surface area contributed by atoms with E-state index in [-0.39, 0.29) is 31.1 Å². The van der Waals surface area contributed by atoms with E-state index in [1.165, 1.54) is 238 Å². The quantitative estimate of drug-likeness (QED) is 0.0343. The van der Waals surface area contributed by atoms with Crippen LogP contribution in [0.3, 0.4) is 0 Å². The predicted molar refractivity (Wildman–Crippen MR) is 293 cm³/mol. The number of rotatable bonds is 56. The molecular weight excluding hydrogens is 841 g/mol. The van der Waals surface area contributed by atoms with Crippen LogP contribution in [0.15, 0.2) is 0 Å². The van der Waals surface area contributed by atoms with Gasteiger partial charge >= 0.3 is 17.9 Å². The van der Waals surface area contributed by atoms with E-state index in [4.69, 9.17) is 14.2 Å². The largest absolute Gasteiger partial charge is 0.462 e. The Hall–Kier alpha value is -1.59. The molecule has 0 aliphatic heterocycles. The molecule has 0 aromatic heterocycles. The van der Waals surface area contributed by atoms with Gasteiger partial charge < -0.3 is 14.2 Å². The maximum Gasteiger partial charge on any atom is 0.306 e. The zero-order valence-electron chi connectivity index (χ0n) is 46.7. The van der Waals surface area contributed by atoms with E-state index in [0.29, 0.717) is 19.3 Å². The number of hydrogen-bond acceptors (Lipinski definition) is 6. The summed E-state index contributed by atoms with van der Waals surface area (Å²) in [5.74, 6) is 0.879. The highest BCUT2D eigenvalue weighted by Crippen LogP contribution is 2.19. The van der Waals surface area contributed by atoms with Gasteiger partial charge in [-0.05, 0) is 31.1 Å². The molecule has 404 valence electrons. The Morgan fingerprint density at radius 2 is 0.559 bits per heavy atom. The minimum atomic E-state index is -0.763. The van der Waals surface area contributed by atoms with E-state index in [1.54, 1.807) is 0 Å². The van der Waals surface area contributed by atoms with E-state index < -0.39 is 6.10 Å². The molecule has 0 spiro atoms. The monoisotopic (exact) mass is 961 g/mol. The number of carbonyl (C=O) groups excluding carboxylic acids is 3. The van der Waals surface area contributed by atoms with Crippen molar-refractivity contribution < 1.29 is 28.6 Å². The smallest absolute Gasteiger partial charge is 0.306 e. The van der Waals surface area contributed by atoms with E-state index in [2.05, 4.69) is 34.6 Å². The zero-order chi connectivity index (χ0) is 49.6. The summed E-state index contributed by atoms with van der Waals surface area (Å²) in [5.41, 5.74) is 0. The van der Waals surface area contributed by atoms with E-state index in [1.807, 2.05) is 0 Å². The second kappa shape index (κ2) is 54.7. The third-order valence-electron chi connectivity index (χ3n) is 14.6. The molecule has 6 nitrogen and oxygen atoms in total. The van der Waals surface area contributed by atoms with Crippen LogP contribution in [0.2, 0.25) is 0 Å². The van der Waals surface area contributed by atoms with Crippen molar-refractivity contribution in [2.75, 3.05) is 13.2 Å². The number of carbonyl (C=O) groups is 3. The molecule has 0 fully saturated rings. The lowest BCUT2D eigenvalue weighted by molar-refractivity contribution is -0.167. The highest BCUT2D eigenvalue weighted by atomic mass is 16.6. The second-order valence-electron chi connectivity index (χ2n) is 22.1. The number of unbranched alkanes of at least 4 members (excludes halogenated alkanes) is 40. The van der Waals surface area contributed by atoms with Gasteiger partial charge in [0.05, 0.1) is 0 Å². The molecule has 0 bridgehead atoms. The molecule has 0 N–H and O–H groups in total. The summed E-state index contributed by atoms with van der Waals surface area (Å²) < 4.78 is 16.9. The number of esters is 3. The molecule has 6 heteroatoms. The molecular formula is C62H120O6. The van der Waals surface area contributed by atoms with E-state index in [9.17, 15) is 14.4 Å². The molecule has 0 aliphatic rings. The number of ether oxygens (including phenoxy) is 3. The van der Waals surface area contributed by atoms with Crippen LogP contribution < -0.4 is 0 Å². The molecule has 0 aliphatic carbocycles. The first-order chi connectivity index (χ1) is 33.3. The number of hydrogen-bond donors (Lipinski definition) is 0. The molecule has 0 amide bonds. The van der Waals surface area contributed by atoms with Gasteiger partial charge in [0.2, 0.25) is 0 Å². The Labute approximate surface area is 425 Å². The topological polar surface area (TPSA) is 78.9 Å². The molecule has 0 saturated heterocycles. The first kappa shape index (κ1) is 66.4. The van der Waals surface area contributed by atoms with Crippen LogP contribution in [0.1, 0.15) is 349 Å². The average molecular weight is 962 g/mol. The van der Waals surface area contributed by atoms with Gasteiger partial charge in [-0.25, -0.2) is 0 Å². The lowest BCUT2D eigenvalue weighted by Crippen LogP contribution is -2.30. The summed E-state index contributed by atoms with van der Waals surface area (Å²) in [6, 6.07) is 0. The van der Waals surface area contributed by atoms with Crippen molar-refractivity contribution >= 4 is 17.9 Å². The standard InChI is InChI=1S/C62H120O6/c1-6-8-9-10-11-12-13-14-15-16-17-18-19-24-27-34-39-44-49-54-62(65)68-59(56-67-61(64)53-48-43-38-33-29-28-31-36-41-46-51-58(5)7-2)55-66-60(63)52-47-42-37-32-26-23-21-20-22-25-30-35-40-45-50-57(3)4/h57-59H,6-56H2,1-5H3/t58?,59-/m0/s1. The van der Waals surface area contributed by atoms with Crippen molar-refractivity contribution in [2.24, 2.45) is 11.8 Å². The normalized spacial score (nSPS) is 12.4. The maximum atomic E-state index is 12.9. The predicted octanol–water partition coefficient (Wildman–Crippen LogP) is 20.4. The summed E-state index contributed by atoms with van der Waals surface area (Å²) in [5, 5.41) is 0. The summed E-state index contributed by atoms with van der Waals surface area (Å²) in [6.07, 6.45) is 59.5. The van der Waals surface area contributed by atoms with Crippen LogP contribution in [0.4, 0.5) is 0 Å². The first-order valence-electron chi connectivity index (χ1n) is 30.8. The Kier molecular flexibility index (Phi) is 53.5. The Balaban J connectivity index is 4.29. The summed E-state index contributed by atoms with van der Waals surface area (Å²) in [6.45, 7) is 11.5. The SMILES string of the molecule is CCCCCCCCCCCCCCCCCCCCCC(=O)O[C@@H](COC(=O)CCCCCCCCCCCCCCCCC(C)C)COC(=O)CCCCCCCCCCCCC(C)CC. The van der Waals surface area contributed by atoms with Gasteiger partial charge in [-0.2, -0.15) is 0 Å². The van der Waals surface area contributed by atoms with Crippen LogP contribution in [0, 0.1) is 11.8 Å². The molecule has 1 unspecified atom stereocenters. The third kappa shape index (κ3) is 53.8. The summed E-state index contributed by atoms with van der Waals surface area (Å²) in [7, 11) is 0. The minimum Gasteiger partial charge on any atom is -0.462 e. The summed E-state index contributed by atoms with van der Waals surface area (Å²) in [4.78, 5) is 38.2. The van der Waals surface area contributed by atoms with Crippen LogP contribution in [-0.2, 0) is 28.6 Å². The Morgan fingerprint density at radius 1 is 0.309 bits per heavy atom. The zero-order valence-corrected chi connectivity index (χ0v) is 46.7. The average Bonchev–Trinajstić information content (AvgIpc) is 3.32. The summed E-state index contributed by atoms with van der Waals surface area (Å²) >= 11 is 0. The molecule has 0 radical (unpaired) electrons. The first-order valence-corrected chi connectivity index (χ1v) is 30.8.